The van der Waals surface area contributed by atoms with Crippen LogP contribution in [0.5, 0.6) is 11.5 Å². The quantitative estimate of drug-likeness (QED) is 0.352. The number of sulfonamides is 1. The zero-order valence-electron chi connectivity index (χ0n) is 20.9. The molecule has 2 aromatic carbocycles. The molecule has 0 spiro atoms. The third-order valence-electron chi connectivity index (χ3n) is 6.41. The van der Waals surface area contributed by atoms with Crippen LogP contribution in [0, 0.1) is 0 Å². The molecule has 1 saturated heterocycles. The number of methoxy groups -OCH3 is 3. The van der Waals surface area contributed by atoms with Crippen molar-refractivity contribution < 1.29 is 27.4 Å². The second-order valence-electron chi connectivity index (χ2n) is 8.72. The van der Waals surface area contributed by atoms with E-state index in [1.165, 1.54) is 0 Å². The molecular formula is C27H37NO6S. The lowest BCUT2D eigenvalue weighted by Crippen LogP contribution is -2.46. The summed E-state index contributed by atoms with van der Waals surface area (Å²) >= 11 is 0. The van der Waals surface area contributed by atoms with Gasteiger partial charge in [-0.2, -0.15) is 4.31 Å². The molecule has 1 aliphatic rings. The molecule has 2 aromatic rings. The molecule has 0 amide bonds. The Morgan fingerprint density at radius 1 is 1.00 bits per heavy atom. The van der Waals surface area contributed by atoms with Crippen molar-refractivity contribution in [2.45, 2.75) is 56.2 Å². The van der Waals surface area contributed by atoms with Gasteiger partial charge >= 0.3 is 0 Å². The number of hydrogen-bond donors (Lipinski definition) is 0. The fourth-order valence-electron chi connectivity index (χ4n) is 4.42. The highest BCUT2D eigenvalue weighted by Gasteiger charge is 2.40. The molecule has 0 aromatic heterocycles. The Balaban J connectivity index is 1.96. The fourth-order valence-corrected chi connectivity index (χ4v) is 6.52. The number of ether oxygens (including phenoxy) is 4. The summed E-state index contributed by atoms with van der Waals surface area (Å²) < 4.78 is 52.1. The zero-order valence-corrected chi connectivity index (χ0v) is 21.7. The minimum absolute atomic E-state index is 0.0962. The van der Waals surface area contributed by atoms with Gasteiger partial charge in [-0.25, -0.2) is 8.42 Å². The molecule has 7 nitrogen and oxygen atoms in total. The average Bonchev–Trinajstić information content (AvgIpc) is 3.40. The summed E-state index contributed by atoms with van der Waals surface area (Å²) in [5, 5.41) is -0.759. The summed E-state index contributed by atoms with van der Waals surface area (Å²) in [4.78, 5) is 0. The van der Waals surface area contributed by atoms with Gasteiger partial charge in [0.05, 0.1) is 26.4 Å². The highest BCUT2D eigenvalue weighted by atomic mass is 32.2. The Kier molecular flexibility index (Phi) is 10.2. The van der Waals surface area contributed by atoms with Crippen molar-refractivity contribution in [2.75, 3.05) is 27.9 Å². The molecule has 1 fully saturated rings. The van der Waals surface area contributed by atoms with E-state index < -0.39 is 21.4 Å². The Bertz CT molecular complexity index is 967. The Labute approximate surface area is 209 Å². The maximum absolute atomic E-state index is 14.3. The Morgan fingerprint density at radius 3 is 1.94 bits per heavy atom. The van der Waals surface area contributed by atoms with Crippen molar-refractivity contribution in [3.05, 3.63) is 72.3 Å². The molecule has 0 radical (unpaired) electrons. The molecule has 0 bridgehead atoms. The van der Waals surface area contributed by atoms with Gasteiger partial charge in [0.15, 0.2) is 0 Å². The van der Waals surface area contributed by atoms with E-state index in [1.54, 1.807) is 31.7 Å². The second-order valence-corrected chi connectivity index (χ2v) is 10.9. The lowest BCUT2D eigenvalue weighted by Gasteiger charge is -2.33. The molecule has 8 heteroatoms. The summed E-state index contributed by atoms with van der Waals surface area (Å²) in [6.45, 7) is 4.93. The second kappa shape index (κ2) is 13.1. The number of hydrogen-bond acceptors (Lipinski definition) is 6. The van der Waals surface area contributed by atoms with Crippen molar-refractivity contribution in [2.24, 2.45) is 0 Å². The summed E-state index contributed by atoms with van der Waals surface area (Å²) in [5.41, 5.74) is 1.74. The molecule has 3 atom stereocenters. The predicted molar refractivity (Wildman–Crippen MR) is 137 cm³/mol. The first-order chi connectivity index (χ1) is 16.9. The Hall–Kier alpha value is -2.39. The van der Waals surface area contributed by atoms with Crippen LogP contribution in [0.1, 0.15) is 36.8 Å². The SMILES string of the molecule is C=CC[C@@H](OC)[C@H](C[C@@H]1CCCO1)S(=O)(=O)N(Cc1ccc(OC)cc1)Cc1ccc(OC)cc1. The van der Waals surface area contributed by atoms with Crippen LogP contribution in [0.25, 0.3) is 0 Å². The van der Waals surface area contributed by atoms with Gasteiger partial charge in [0.2, 0.25) is 10.0 Å². The summed E-state index contributed by atoms with van der Waals surface area (Å²) in [5.74, 6) is 1.44. The third kappa shape index (κ3) is 7.30. The maximum atomic E-state index is 14.3. The van der Waals surface area contributed by atoms with E-state index in [4.69, 9.17) is 18.9 Å². The summed E-state index contributed by atoms with van der Waals surface area (Å²) in [7, 11) is 0.979. The van der Waals surface area contributed by atoms with E-state index in [9.17, 15) is 8.42 Å². The number of rotatable bonds is 14. The average molecular weight is 504 g/mol. The van der Waals surface area contributed by atoms with Crippen LogP contribution in [0.3, 0.4) is 0 Å². The van der Waals surface area contributed by atoms with Gasteiger partial charge in [-0.1, -0.05) is 30.3 Å². The van der Waals surface area contributed by atoms with Crippen molar-refractivity contribution >= 4 is 10.0 Å². The first-order valence-electron chi connectivity index (χ1n) is 11.9. The summed E-state index contributed by atoms with van der Waals surface area (Å²) in [6.07, 6.45) is 3.72. The summed E-state index contributed by atoms with van der Waals surface area (Å²) in [6, 6.07) is 14.9. The van der Waals surface area contributed by atoms with Crippen molar-refractivity contribution in [3.63, 3.8) is 0 Å². The van der Waals surface area contributed by atoms with Gasteiger partial charge in [-0.05, 0) is 61.1 Å². The minimum atomic E-state index is -3.79. The largest absolute Gasteiger partial charge is 0.497 e. The predicted octanol–water partition coefficient (Wildman–Crippen LogP) is 4.56. The normalized spacial score (nSPS) is 17.8. The van der Waals surface area contributed by atoms with Crippen LogP contribution in [-0.2, 0) is 32.6 Å². The molecule has 192 valence electrons. The molecule has 0 aliphatic carbocycles. The molecular weight excluding hydrogens is 466 g/mol. The topological polar surface area (TPSA) is 74.3 Å². The van der Waals surface area contributed by atoms with Gasteiger partial charge in [-0.3, -0.25) is 0 Å². The maximum Gasteiger partial charge on any atom is 0.220 e. The Morgan fingerprint density at radius 2 is 1.54 bits per heavy atom. The lowest BCUT2D eigenvalue weighted by atomic mass is 10.0. The van der Waals surface area contributed by atoms with Crippen LogP contribution >= 0.6 is 0 Å². The molecule has 0 unspecified atom stereocenters. The highest BCUT2D eigenvalue weighted by Crippen LogP contribution is 2.29. The van der Waals surface area contributed by atoms with Crippen LogP contribution in [0.4, 0.5) is 0 Å². The van der Waals surface area contributed by atoms with Gasteiger partial charge < -0.3 is 18.9 Å². The molecule has 0 N–H and O–H groups in total. The molecule has 1 heterocycles. The fraction of sp³-hybridized carbons (Fsp3) is 0.481. The lowest BCUT2D eigenvalue weighted by molar-refractivity contribution is 0.0617. The van der Waals surface area contributed by atoms with Crippen molar-refractivity contribution in [1.82, 2.24) is 4.31 Å². The molecule has 0 saturated carbocycles. The van der Waals surface area contributed by atoms with E-state index in [1.807, 2.05) is 48.5 Å². The first-order valence-corrected chi connectivity index (χ1v) is 13.4. The van der Waals surface area contributed by atoms with Gasteiger partial charge in [0, 0.05) is 26.8 Å². The van der Waals surface area contributed by atoms with E-state index in [2.05, 4.69) is 6.58 Å². The highest BCUT2D eigenvalue weighted by molar-refractivity contribution is 7.89. The van der Waals surface area contributed by atoms with Gasteiger partial charge in [-0.15, -0.1) is 6.58 Å². The zero-order chi connectivity index (χ0) is 25.3. The van der Waals surface area contributed by atoms with Crippen molar-refractivity contribution in [1.29, 1.82) is 0 Å². The van der Waals surface area contributed by atoms with Crippen LogP contribution in [-0.4, -0.2) is 58.1 Å². The monoisotopic (exact) mass is 503 g/mol. The van der Waals surface area contributed by atoms with Crippen LogP contribution in [0.15, 0.2) is 61.2 Å². The van der Waals surface area contributed by atoms with E-state index in [0.717, 1.165) is 35.5 Å². The number of benzene rings is 2. The van der Waals surface area contributed by atoms with E-state index >= 15 is 0 Å². The molecule has 35 heavy (non-hydrogen) atoms. The third-order valence-corrected chi connectivity index (χ3v) is 8.65. The number of nitrogens with zero attached hydrogens (tertiary/aromatic N) is 1. The van der Waals surface area contributed by atoms with E-state index in [-0.39, 0.29) is 19.2 Å². The van der Waals surface area contributed by atoms with Crippen molar-refractivity contribution in [3.8, 4) is 11.5 Å². The molecule has 3 rings (SSSR count). The van der Waals surface area contributed by atoms with Crippen LogP contribution in [0.2, 0.25) is 0 Å². The first kappa shape index (κ1) is 27.2. The van der Waals surface area contributed by atoms with E-state index in [0.29, 0.717) is 19.4 Å². The van der Waals surface area contributed by atoms with Gasteiger partial charge in [0.1, 0.15) is 16.7 Å². The smallest absolute Gasteiger partial charge is 0.220 e. The van der Waals surface area contributed by atoms with Crippen LogP contribution < -0.4 is 9.47 Å². The standard InChI is InChI=1S/C27H37NO6S/c1-5-7-26(33-4)27(18-25-8-6-17-34-25)35(29,30)28(19-21-9-13-23(31-2)14-10-21)20-22-11-15-24(32-3)16-12-22/h5,9-16,25-27H,1,6-8,17-20H2,2-4H3/t25-,26+,27-/m0/s1. The minimum Gasteiger partial charge on any atom is -0.497 e. The molecule has 1 aliphatic heterocycles. The van der Waals surface area contributed by atoms with Gasteiger partial charge in [0.25, 0.3) is 0 Å².